The van der Waals surface area contributed by atoms with Gasteiger partial charge in [-0.3, -0.25) is 4.79 Å². The monoisotopic (exact) mass is 250 g/mol. The van der Waals surface area contributed by atoms with Crippen LogP contribution in [0.1, 0.15) is 5.56 Å². The van der Waals surface area contributed by atoms with Crippen LogP contribution in [0.3, 0.4) is 0 Å². The number of benzene rings is 1. The quantitative estimate of drug-likeness (QED) is 0.626. The molecule has 18 heavy (non-hydrogen) atoms. The molecule has 0 amide bonds. The van der Waals surface area contributed by atoms with Gasteiger partial charge in [-0.15, -0.1) is 0 Å². The first-order chi connectivity index (χ1) is 8.70. The van der Waals surface area contributed by atoms with E-state index in [-0.39, 0.29) is 18.3 Å². The van der Waals surface area contributed by atoms with Gasteiger partial charge in [-0.05, 0) is 36.7 Å². The van der Waals surface area contributed by atoms with E-state index in [9.17, 15) is 9.18 Å². The highest BCUT2D eigenvalue weighted by molar-refractivity contribution is 5.83. The van der Waals surface area contributed by atoms with Gasteiger partial charge in [0, 0.05) is 17.1 Å². The Morgan fingerprint density at radius 3 is 3.11 bits per heavy atom. The van der Waals surface area contributed by atoms with Crippen LogP contribution in [-0.4, -0.2) is 31.2 Å². The first-order valence-corrected chi connectivity index (χ1v) is 5.74. The molecule has 1 aromatic heterocycles. The van der Waals surface area contributed by atoms with Crippen molar-refractivity contribution in [2.24, 2.45) is 0 Å². The number of aromatic nitrogens is 1. The van der Waals surface area contributed by atoms with Crippen molar-refractivity contribution in [3.63, 3.8) is 0 Å². The zero-order valence-electron chi connectivity index (χ0n) is 10.1. The van der Waals surface area contributed by atoms with Gasteiger partial charge in [-0.1, -0.05) is 0 Å². The SMILES string of the molecule is COC(=O)CNCCc1c[nH]c2ccc(F)cc12. The lowest BCUT2D eigenvalue weighted by molar-refractivity contribution is -0.139. The summed E-state index contributed by atoms with van der Waals surface area (Å²) in [6.07, 6.45) is 2.59. The maximum absolute atomic E-state index is 13.1. The molecule has 0 unspecified atom stereocenters. The van der Waals surface area contributed by atoms with Crippen LogP contribution in [0.4, 0.5) is 4.39 Å². The van der Waals surface area contributed by atoms with Crippen molar-refractivity contribution in [1.82, 2.24) is 10.3 Å². The molecule has 1 heterocycles. The van der Waals surface area contributed by atoms with Gasteiger partial charge in [0.1, 0.15) is 5.82 Å². The van der Waals surface area contributed by atoms with E-state index in [0.717, 1.165) is 22.9 Å². The average Bonchev–Trinajstić information content (AvgIpc) is 2.77. The lowest BCUT2D eigenvalue weighted by atomic mass is 10.1. The Balaban J connectivity index is 1.95. The summed E-state index contributed by atoms with van der Waals surface area (Å²) in [5, 5.41) is 3.86. The summed E-state index contributed by atoms with van der Waals surface area (Å²) in [7, 11) is 1.35. The second-order valence-electron chi connectivity index (χ2n) is 4.01. The standard InChI is InChI=1S/C13H15FN2O2/c1-18-13(17)8-15-5-4-9-7-16-12-3-2-10(14)6-11(9)12/h2-3,6-7,15-16H,4-5,8H2,1H3. The predicted octanol–water partition coefficient (Wildman–Crippen LogP) is 1.61. The summed E-state index contributed by atoms with van der Waals surface area (Å²) in [6.45, 7) is 0.825. The van der Waals surface area contributed by atoms with E-state index in [1.165, 1.54) is 19.2 Å². The zero-order chi connectivity index (χ0) is 13.0. The molecule has 0 aliphatic rings. The summed E-state index contributed by atoms with van der Waals surface area (Å²) in [4.78, 5) is 14.0. The van der Waals surface area contributed by atoms with Crippen molar-refractivity contribution < 1.29 is 13.9 Å². The number of nitrogens with one attached hydrogen (secondary N) is 2. The van der Waals surface area contributed by atoms with Crippen molar-refractivity contribution in [1.29, 1.82) is 0 Å². The molecule has 0 saturated carbocycles. The Bertz CT molecular complexity index is 551. The van der Waals surface area contributed by atoms with Crippen LogP contribution < -0.4 is 5.32 Å². The molecule has 4 nitrogen and oxygen atoms in total. The molecular weight excluding hydrogens is 235 g/mol. The number of ether oxygens (including phenoxy) is 1. The van der Waals surface area contributed by atoms with Gasteiger partial charge in [-0.25, -0.2) is 4.39 Å². The fourth-order valence-electron chi connectivity index (χ4n) is 1.84. The van der Waals surface area contributed by atoms with Crippen LogP contribution >= 0.6 is 0 Å². The van der Waals surface area contributed by atoms with Crippen LogP contribution in [0.15, 0.2) is 24.4 Å². The Morgan fingerprint density at radius 1 is 1.50 bits per heavy atom. The van der Waals surface area contributed by atoms with Crippen molar-refractivity contribution >= 4 is 16.9 Å². The molecule has 1 aromatic carbocycles. The van der Waals surface area contributed by atoms with E-state index in [4.69, 9.17) is 0 Å². The van der Waals surface area contributed by atoms with Crippen LogP contribution in [-0.2, 0) is 16.0 Å². The fourth-order valence-corrected chi connectivity index (χ4v) is 1.84. The Morgan fingerprint density at radius 2 is 2.33 bits per heavy atom. The third kappa shape index (κ3) is 2.87. The van der Waals surface area contributed by atoms with E-state index >= 15 is 0 Å². The molecule has 96 valence electrons. The van der Waals surface area contributed by atoms with Crippen LogP contribution in [0.2, 0.25) is 0 Å². The summed E-state index contributed by atoms with van der Waals surface area (Å²) in [6, 6.07) is 4.66. The van der Waals surface area contributed by atoms with Gasteiger partial charge >= 0.3 is 5.97 Å². The molecule has 0 radical (unpaired) electrons. The van der Waals surface area contributed by atoms with Crippen LogP contribution in [0.25, 0.3) is 10.9 Å². The minimum absolute atomic E-state index is 0.188. The number of fused-ring (bicyclic) bond motifs is 1. The van der Waals surface area contributed by atoms with E-state index in [1.54, 1.807) is 6.07 Å². The molecule has 0 atom stereocenters. The average molecular weight is 250 g/mol. The minimum Gasteiger partial charge on any atom is -0.468 e. The van der Waals surface area contributed by atoms with E-state index in [2.05, 4.69) is 15.0 Å². The molecule has 2 rings (SSSR count). The second-order valence-corrected chi connectivity index (χ2v) is 4.01. The van der Waals surface area contributed by atoms with Crippen LogP contribution in [0, 0.1) is 5.82 Å². The number of hydrogen-bond donors (Lipinski definition) is 2. The van der Waals surface area contributed by atoms with Gasteiger partial charge in [-0.2, -0.15) is 0 Å². The molecule has 0 aliphatic heterocycles. The first kappa shape index (κ1) is 12.6. The smallest absolute Gasteiger partial charge is 0.319 e. The Labute approximate surface area is 104 Å². The molecule has 0 bridgehead atoms. The van der Waals surface area contributed by atoms with Crippen molar-refractivity contribution in [3.8, 4) is 0 Å². The van der Waals surface area contributed by atoms with Crippen molar-refractivity contribution in [2.75, 3.05) is 20.2 Å². The fraction of sp³-hybridized carbons (Fsp3) is 0.308. The molecule has 2 N–H and O–H groups in total. The Kier molecular flexibility index (Phi) is 3.94. The second kappa shape index (κ2) is 5.64. The molecular formula is C13H15FN2O2. The highest BCUT2D eigenvalue weighted by Gasteiger charge is 2.05. The number of aromatic amines is 1. The molecule has 0 saturated heterocycles. The van der Waals surface area contributed by atoms with Gasteiger partial charge in [0.25, 0.3) is 0 Å². The summed E-state index contributed by atoms with van der Waals surface area (Å²) < 4.78 is 17.7. The number of H-pyrrole nitrogens is 1. The topological polar surface area (TPSA) is 54.1 Å². The third-order valence-electron chi connectivity index (χ3n) is 2.80. The van der Waals surface area contributed by atoms with Crippen molar-refractivity contribution in [2.45, 2.75) is 6.42 Å². The van der Waals surface area contributed by atoms with E-state index in [1.807, 2.05) is 6.20 Å². The highest BCUT2D eigenvalue weighted by Crippen LogP contribution is 2.19. The number of halogens is 1. The van der Waals surface area contributed by atoms with E-state index in [0.29, 0.717) is 6.54 Å². The van der Waals surface area contributed by atoms with Gasteiger partial charge in [0.05, 0.1) is 13.7 Å². The maximum atomic E-state index is 13.1. The van der Waals surface area contributed by atoms with Crippen LogP contribution in [0.5, 0.6) is 0 Å². The first-order valence-electron chi connectivity index (χ1n) is 5.74. The predicted molar refractivity (Wildman–Crippen MR) is 66.8 cm³/mol. The molecule has 2 aromatic rings. The minimum atomic E-state index is -0.292. The lowest BCUT2D eigenvalue weighted by Gasteiger charge is -2.02. The van der Waals surface area contributed by atoms with Gasteiger partial charge < -0.3 is 15.0 Å². The molecule has 0 spiro atoms. The lowest BCUT2D eigenvalue weighted by Crippen LogP contribution is -2.25. The number of esters is 1. The van der Waals surface area contributed by atoms with E-state index < -0.39 is 0 Å². The number of carbonyl (C=O) groups excluding carboxylic acids is 1. The Hall–Kier alpha value is -1.88. The number of hydrogen-bond acceptors (Lipinski definition) is 3. The number of carbonyl (C=O) groups is 1. The normalized spacial score (nSPS) is 10.8. The zero-order valence-corrected chi connectivity index (χ0v) is 10.1. The number of methoxy groups -OCH3 is 1. The van der Waals surface area contributed by atoms with Gasteiger partial charge in [0.15, 0.2) is 0 Å². The summed E-state index contributed by atoms with van der Waals surface area (Å²) in [5.74, 6) is -0.536. The third-order valence-corrected chi connectivity index (χ3v) is 2.80. The maximum Gasteiger partial charge on any atom is 0.319 e. The molecule has 0 aliphatic carbocycles. The summed E-state index contributed by atoms with van der Waals surface area (Å²) in [5.41, 5.74) is 1.95. The molecule has 0 fully saturated rings. The highest BCUT2D eigenvalue weighted by atomic mass is 19.1. The van der Waals surface area contributed by atoms with Crippen molar-refractivity contribution in [3.05, 3.63) is 35.8 Å². The largest absolute Gasteiger partial charge is 0.468 e. The van der Waals surface area contributed by atoms with Gasteiger partial charge in [0.2, 0.25) is 0 Å². The summed E-state index contributed by atoms with van der Waals surface area (Å²) >= 11 is 0. The molecule has 5 heteroatoms. The number of rotatable bonds is 5.